The minimum Gasteiger partial charge on any atom is -0.475 e. The van der Waals surface area contributed by atoms with Crippen molar-refractivity contribution in [2.45, 2.75) is 44.6 Å². The fourth-order valence-corrected chi connectivity index (χ4v) is 2.83. The van der Waals surface area contributed by atoms with Crippen LogP contribution in [0.4, 0.5) is 18.0 Å². The molecule has 0 saturated heterocycles. The molecule has 0 radical (unpaired) electrons. The Hall–Kier alpha value is -4.13. The van der Waals surface area contributed by atoms with Crippen LogP contribution in [0, 0.1) is 0 Å². The maximum atomic E-state index is 11.7. The maximum Gasteiger partial charge on any atom is 0.490 e. The van der Waals surface area contributed by atoms with Gasteiger partial charge in [-0.15, -0.1) is 0 Å². The Balaban J connectivity index is 0.000000856. The van der Waals surface area contributed by atoms with Gasteiger partial charge in [0.15, 0.2) is 0 Å². The lowest BCUT2D eigenvalue weighted by molar-refractivity contribution is -0.192. The molecule has 13 heteroatoms. The van der Waals surface area contributed by atoms with Crippen molar-refractivity contribution in [3.05, 3.63) is 71.3 Å². The summed E-state index contributed by atoms with van der Waals surface area (Å²) in [4.78, 5) is 43.2. The number of primary amides is 2. The van der Waals surface area contributed by atoms with E-state index in [9.17, 15) is 27.6 Å². The summed E-state index contributed by atoms with van der Waals surface area (Å²) in [5.74, 6) is -3.59. The zero-order valence-corrected chi connectivity index (χ0v) is 19.8. The minimum absolute atomic E-state index is 0.193. The second kappa shape index (κ2) is 15.8. The molecule has 0 heterocycles. The molecule has 2 rings (SSSR count). The number of alkyl carbamates (subject to hydrolysis) is 1. The number of nitrogens with one attached hydrogen (secondary N) is 2. The number of amides is 3. The van der Waals surface area contributed by atoms with Gasteiger partial charge in [0.1, 0.15) is 6.61 Å². The molecule has 7 N–H and O–H groups in total. The van der Waals surface area contributed by atoms with E-state index in [2.05, 4.69) is 10.6 Å². The first-order valence-corrected chi connectivity index (χ1v) is 11.0. The van der Waals surface area contributed by atoms with Gasteiger partial charge < -0.3 is 31.9 Å². The average molecular weight is 527 g/mol. The molecule has 2 aromatic rings. The Morgan fingerprint density at radius 1 is 0.919 bits per heavy atom. The van der Waals surface area contributed by atoms with Gasteiger partial charge in [-0.05, 0) is 29.5 Å². The number of carbonyl (C=O) groups excluding carboxylic acids is 3. The maximum absolute atomic E-state index is 11.7. The first kappa shape index (κ1) is 30.9. The van der Waals surface area contributed by atoms with Crippen molar-refractivity contribution >= 4 is 23.9 Å². The molecular weight excluding hydrogens is 497 g/mol. The lowest BCUT2D eigenvalue weighted by Gasteiger charge is -2.16. The zero-order valence-electron chi connectivity index (χ0n) is 19.8. The standard InChI is InChI=1S/C22H28N4O4.C2HF3O2/c23-20(27)13-16-8-10-17(11-9-16)14-26-19(21(24)28)7-4-12-25-22(29)30-15-18-5-2-1-3-6-18;3-2(4,5)1(6)7/h1-3,5-6,8-11,19,26H,4,7,12-15H2,(H2,23,27)(H2,24,28)(H,25,29);(H,6,7)/t19-;/m1./s1. The van der Waals surface area contributed by atoms with Crippen molar-refractivity contribution in [2.75, 3.05) is 6.54 Å². The van der Waals surface area contributed by atoms with Crippen molar-refractivity contribution < 1.29 is 42.2 Å². The van der Waals surface area contributed by atoms with Gasteiger partial charge in [0, 0.05) is 13.1 Å². The molecular formula is C24H29F3N4O6. The molecule has 1 atom stereocenters. The number of nitrogens with two attached hydrogens (primary N) is 2. The molecule has 0 unspecified atom stereocenters. The van der Waals surface area contributed by atoms with Gasteiger partial charge in [-0.3, -0.25) is 9.59 Å². The molecule has 0 aliphatic heterocycles. The molecule has 2 aromatic carbocycles. The Bertz CT molecular complexity index is 1020. The number of ether oxygens (including phenoxy) is 1. The van der Waals surface area contributed by atoms with Crippen LogP contribution >= 0.6 is 0 Å². The number of benzene rings is 2. The van der Waals surface area contributed by atoms with E-state index in [0.29, 0.717) is 25.9 Å². The van der Waals surface area contributed by atoms with Crippen LogP contribution in [0.1, 0.15) is 29.5 Å². The molecule has 37 heavy (non-hydrogen) atoms. The third kappa shape index (κ3) is 14.1. The van der Waals surface area contributed by atoms with E-state index in [1.807, 2.05) is 54.6 Å². The van der Waals surface area contributed by atoms with Gasteiger partial charge in [0.05, 0.1) is 12.5 Å². The summed E-state index contributed by atoms with van der Waals surface area (Å²) in [5.41, 5.74) is 13.3. The predicted molar refractivity (Wildman–Crippen MR) is 127 cm³/mol. The Kier molecular flexibility index (Phi) is 13.2. The molecule has 0 fully saturated rings. The highest BCUT2D eigenvalue weighted by molar-refractivity contribution is 5.79. The van der Waals surface area contributed by atoms with Crippen LogP contribution in [0.5, 0.6) is 0 Å². The van der Waals surface area contributed by atoms with E-state index in [-0.39, 0.29) is 18.9 Å². The summed E-state index contributed by atoms with van der Waals surface area (Å²) >= 11 is 0. The van der Waals surface area contributed by atoms with Crippen molar-refractivity contribution in [2.24, 2.45) is 11.5 Å². The number of carbonyl (C=O) groups is 4. The topological polar surface area (TPSA) is 174 Å². The molecule has 0 aromatic heterocycles. The largest absolute Gasteiger partial charge is 0.490 e. The van der Waals surface area contributed by atoms with Crippen molar-refractivity contribution in [3.8, 4) is 0 Å². The predicted octanol–water partition coefficient (Wildman–Crippen LogP) is 2.00. The molecule has 0 saturated carbocycles. The third-order valence-corrected chi connectivity index (χ3v) is 4.69. The van der Waals surface area contributed by atoms with Gasteiger partial charge in [0.2, 0.25) is 11.8 Å². The molecule has 0 bridgehead atoms. The SMILES string of the molecule is NC(=O)Cc1ccc(CN[C@H](CCCNC(=O)OCc2ccccc2)C(N)=O)cc1.O=C(O)C(F)(F)F. The summed E-state index contributed by atoms with van der Waals surface area (Å²) < 4.78 is 36.9. The molecule has 202 valence electrons. The molecule has 0 aliphatic carbocycles. The Labute approximate surface area is 211 Å². The number of rotatable bonds is 12. The van der Waals surface area contributed by atoms with Crippen LogP contribution in [-0.4, -0.2) is 47.7 Å². The Morgan fingerprint density at radius 2 is 1.49 bits per heavy atom. The number of hydrogen-bond donors (Lipinski definition) is 5. The van der Waals surface area contributed by atoms with Gasteiger partial charge >= 0.3 is 18.2 Å². The number of hydrogen-bond acceptors (Lipinski definition) is 6. The average Bonchev–Trinajstić information content (AvgIpc) is 2.83. The number of carboxylic acids is 1. The van der Waals surface area contributed by atoms with Crippen molar-refractivity contribution in [1.82, 2.24) is 10.6 Å². The second-order valence-electron chi connectivity index (χ2n) is 7.73. The molecule has 10 nitrogen and oxygen atoms in total. The summed E-state index contributed by atoms with van der Waals surface area (Å²) in [7, 11) is 0. The van der Waals surface area contributed by atoms with Crippen LogP contribution in [0.15, 0.2) is 54.6 Å². The molecule has 0 spiro atoms. The monoisotopic (exact) mass is 526 g/mol. The van der Waals surface area contributed by atoms with E-state index in [4.69, 9.17) is 26.1 Å². The van der Waals surface area contributed by atoms with Gasteiger partial charge in [0.25, 0.3) is 0 Å². The highest BCUT2D eigenvalue weighted by atomic mass is 19.4. The number of alkyl halides is 3. The van der Waals surface area contributed by atoms with E-state index in [1.54, 1.807) is 0 Å². The minimum atomic E-state index is -5.08. The first-order chi connectivity index (χ1) is 17.4. The van der Waals surface area contributed by atoms with E-state index >= 15 is 0 Å². The third-order valence-electron chi connectivity index (χ3n) is 4.69. The van der Waals surface area contributed by atoms with Crippen LogP contribution in [0.2, 0.25) is 0 Å². The number of carboxylic acid groups (broad SMARTS) is 1. The van der Waals surface area contributed by atoms with E-state index in [0.717, 1.165) is 16.7 Å². The summed E-state index contributed by atoms with van der Waals surface area (Å²) in [6.07, 6.45) is -4.34. The van der Waals surface area contributed by atoms with E-state index < -0.39 is 30.2 Å². The summed E-state index contributed by atoms with van der Waals surface area (Å²) in [6, 6.07) is 16.3. The second-order valence-corrected chi connectivity index (χ2v) is 7.73. The van der Waals surface area contributed by atoms with Gasteiger partial charge in [-0.1, -0.05) is 54.6 Å². The van der Waals surface area contributed by atoms with Gasteiger partial charge in [-0.25, -0.2) is 9.59 Å². The summed E-state index contributed by atoms with van der Waals surface area (Å²) in [6.45, 7) is 1.04. The fourth-order valence-electron chi connectivity index (χ4n) is 2.83. The Morgan fingerprint density at radius 3 is 2.00 bits per heavy atom. The number of halogens is 3. The van der Waals surface area contributed by atoms with Crippen LogP contribution in [0.25, 0.3) is 0 Å². The van der Waals surface area contributed by atoms with Crippen LogP contribution in [0.3, 0.4) is 0 Å². The lowest BCUT2D eigenvalue weighted by Crippen LogP contribution is -2.41. The van der Waals surface area contributed by atoms with Crippen molar-refractivity contribution in [1.29, 1.82) is 0 Å². The molecule has 0 aliphatic rings. The quantitative estimate of drug-likeness (QED) is 0.263. The first-order valence-electron chi connectivity index (χ1n) is 11.0. The molecule has 3 amide bonds. The smallest absolute Gasteiger partial charge is 0.475 e. The van der Waals surface area contributed by atoms with Gasteiger partial charge in [-0.2, -0.15) is 13.2 Å². The highest BCUT2D eigenvalue weighted by Crippen LogP contribution is 2.13. The van der Waals surface area contributed by atoms with E-state index in [1.165, 1.54) is 0 Å². The van der Waals surface area contributed by atoms with Crippen LogP contribution in [-0.2, 0) is 38.7 Å². The summed E-state index contributed by atoms with van der Waals surface area (Å²) in [5, 5.41) is 12.9. The van der Waals surface area contributed by atoms with Crippen molar-refractivity contribution in [3.63, 3.8) is 0 Å². The highest BCUT2D eigenvalue weighted by Gasteiger charge is 2.38. The lowest BCUT2D eigenvalue weighted by atomic mass is 10.1. The van der Waals surface area contributed by atoms with Crippen LogP contribution < -0.4 is 22.1 Å². The normalized spacial score (nSPS) is 11.4. The zero-order chi connectivity index (χ0) is 27.8. The number of aliphatic carboxylic acids is 1. The fraction of sp³-hybridized carbons (Fsp3) is 0.333.